The molecule has 0 saturated carbocycles. The van der Waals surface area contributed by atoms with Gasteiger partial charge in [0, 0.05) is 25.0 Å². The Kier molecular flexibility index (Phi) is 6.08. The predicted octanol–water partition coefficient (Wildman–Crippen LogP) is 1.91. The first kappa shape index (κ1) is 14.1. The van der Waals surface area contributed by atoms with Crippen LogP contribution in [0.25, 0.3) is 0 Å². The molecule has 0 aliphatic carbocycles. The Hall–Kier alpha value is -1.00. The summed E-state index contributed by atoms with van der Waals surface area (Å²) in [6.45, 7) is 2.25. The van der Waals surface area contributed by atoms with E-state index in [-0.39, 0.29) is 12.5 Å². The second kappa shape index (κ2) is 7.35. The maximum absolute atomic E-state index is 11.4. The van der Waals surface area contributed by atoms with Gasteiger partial charge in [-0.1, -0.05) is 19.1 Å². The number of rotatable bonds is 6. The zero-order valence-electron chi connectivity index (χ0n) is 10.3. The van der Waals surface area contributed by atoms with Gasteiger partial charge in [-0.05, 0) is 29.4 Å². The second-order valence-corrected chi connectivity index (χ2v) is 5.11. The molecule has 1 unspecified atom stereocenters. The Morgan fingerprint density at radius 1 is 1.53 bits per heavy atom. The Labute approximate surface area is 107 Å². The third-order valence-corrected chi connectivity index (χ3v) is 3.74. The molecule has 0 fully saturated rings. The lowest BCUT2D eigenvalue weighted by Crippen LogP contribution is -2.17. The summed E-state index contributed by atoms with van der Waals surface area (Å²) in [6.07, 6.45) is 0. The first-order chi connectivity index (χ1) is 8.17. The van der Waals surface area contributed by atoms with Crippen LogP contribution in [0.2, 0.25) is 0 Å². The normalized spacial score (nSPS) is 12.2. The highest BCUT2D eigenvalue weighted by molar-refractivity contribution is 7.98. The van der Waals surface area contributed by atoms with Crippen molar-refractivity contribution in [3.8, 4) is 0 Å². The summed E-state index contributed by atoms with van der Waals surface area (Å²) in [5, 5.41) is 11.5. The van der Waals surface area contributed by atoms with E-state index >= 15 is 0 Å². The smallest absolute Gasteiger partial charge is 0.251 e. The maximum atomic E-state index is 11.4. The molecule has 94 valence electrons. The molecule has 0 aliphatic rings. The van der Waals surface area contributed by atoms with Gasteiger partial charge in [0.15, 0.2) is 0 Å². The van der Waals surface area contributed by atoms with Gasteiger partial charge in [-0.3, -0.25) is 4.79 Å². The van der Waals surface area contributed by atoms with Crippen LogP contribution in [0, 0.1) is 5.92 Å². The van der Waals surface area contributed by atoms with Crippen molar-refractivity contribution < 1.29 is 9.90 Å². The standard InChI is InChI=1S/C13H19NO2S/c1-10(7-15)8-17-9-11-4-3-5-12(6-11)13(16)14-2/h3-6,10,15H,7-9H2,1-2H3,(H,14,16). The van der Waals surface area contributed by atoms with E-state index in [1.54, 1.807) is 18.8 Å². The van der Waals surface area contributed by atoms with Gasteiger partial charge in [0.1, 0.15) is 0 Å². The molecule has 1 rings (SSSR count). The van der Waals surface area contributed by atoms with Gasteiger partial charge in [0.2, 0.25) is 0 Å². The lowest BCUT2D eigenvalue weighted by Gasteiger charge is -2.08. The van der Waals surface area contributed by atoms with Crippen molar-refractivity contribution in [3.63, 3.8) is 0 Å². The number of hydrogen-bond donors (Lipinski definition) is 2. The van der Waals surface area contributed by atoms with Crippen molar-refractivity contribution in [3.05, 3.63) is 35.4 Å². The van der Waals surface area contributed by atoms with Crippen LogP contribution in [-0.2, 0) is 5.75 Å². The third kappa shape index (κ3) is 4.79. The average molecular weight is 253 g/mol. The van der Waals surface area contributed by atoms with Crippen molar-refractivity contribution in [2.45, 2.75) is 12.7 Å². The Bertz CT molecular complexity index is 368. The molecule has 0 spiro atoms. The summed E-state index contributed by atoms with van der Waals surface area (Å²) in [7, 11) is 1.63. The lowest BCUT2D eigenvalue weighted by molar-refractivity contribution is 0.0963. The fourth-order valence-corrected chi connectivity index (χ4v) is 2.42. The quantitative estimate of drug-likeness (QED) is 0.814. The molecule has 4 heteroatoms. The Morgan fingerprint density at radius 2 is 2.29 bits per heavy atom. The van der Waals surface area contributed by atoms with E-state index in [0.29, 0.717) is 11.5 Å². The molecule has 17 heavy (non-hydrogen) atoms. The van der Waals surface area contributed by atoms with Gasteiger partial charge in [0.05, 0.1) is 0 Å². The van der Waals surface area contributed by atoms with E-state index in [1.165, 1.54) is 0 Å². The molecule has 0 radical (unpaired) electrons. The van der Waals surface area contributed by atoms with Crippen molar-refractivity contribution in [1.82, 2.24) is 5.32 Å². The SMILES string of the molecule is CNC(=O)c1cccc(CSCC(C)CO)c1. The number of amides is 1. The van der Waals surface area contributed by atoms with Crippen LogP contribution in [0.3, 0.4) is 0 Å². The number of aliphatic hydroxyl groups is 1. The molecule has 1 amide bonds. The van der Waals surface area contributed by atoms with E-state index < -0.39 is 0 Å². The Morgan fingerprint density at radius 3 is 2.94 bits per heavy atom. The zero-order chi connectivity index (χ0) is 12.7. The molecule has 2 N–H and O–H groups in total. The van der Waals surface area contributed by atoms with E-state index in [4.69, 9.17) is 5.11 Å². The molecular weight excluding hydrogens is 234 g/mol. The minimum atomic E-state index is -0.0550. The van der Waals surface area contributed by atoms with Crippen molar-refractivity contribution in [2.75, 3.05) is 19.4 Å². The summed E-state index contributed by atoms with van der Waals surface area (Å²) in [5.41, 5.74) is 1.84. The summed E-state index contributed by atoms with van der Waals surface area (Å²) < 4.78 is 0. The first-order valence-corrected chi connectivity index (χ1v) is 6.82. The highest BCUT2D eigenvalue weighted by atomic mass is 32.2. The minimum absolute atomic E-state index is 0.0550. The number of aliphatic hydroxyl groups excluding tert-OH is 1. The van der Waals surface area contributed by atoms with Gasteiger partial charge in [0.25, 0.3) is 5.91 Å². The van der Waals surface area contributed by atoms with Crippen LogP contribution in [0.4, 0.5) is 0 Å². The largest absolute Gasteiger partial charge is 0.396 e. The Balaban J connectivity index is 2.51. The van der Waals surface area contributed by atoms with Crippen molar-refractivity contribution in [1.29, 1.82) is 0 Å². The minimum Gasteiger partial charge on any atom is -0.396 e. The number of nitrogens with one attached hydrogen (secondary N) is 1. The zero-order valence-corrected chi connectivity index (χ0v) is 11.1. The van der Waals surface area contributed by atoms with Crippen LogP contribution in [0.1, 0.15) is 22.8 Å². The molecule has 0 aromatic heterocycles. The number of hydrogen-bond acceptors (Lipinski definition) is 3. The topological polar surface area (TPSA) is 49.3 Å². The van der Waals surface area contributed by atoms with Crippen LogP contribution in [-0.4, -0.2) is 30.4 Å². The first-order valence-electron chi connectivity index (χ1n) is 5.67. The molecule has 3 nitrogen and oxygen atoms in total. The fourth-order valence-electron chi connectivity index (χ4n) is 1.38. The average Bonchev–Trinajstić information content (AvgIpc) is 2.38. The molecule has 0 heterocycles. The summed E-state index contributed by atoms with van der Waals surface area (Å²) in [4.78, 5) is 11.4. The molecular formula is C13H19NO2S. The van der Waals surface area contributed by atoms with Gasteiger partial charge in [-0.15, -0.1) is 0 Å². The van der Waals surface area contributed by atoms with E-state index in [2.05, 4.69) is 5.32 Å². The van der Waals surface area contributed by atoms with Crippen LogP contribution >= 0.6 is 11.8 Å². The summed E-state index contributed by atoms with van der Waals surface area (Å²) in [6, 6.07) is 7.64. The number of carbonyl (C=O) groups is 1. The van der Waals surface area contributed by atoms with E-state index in [0.717, 1.165) is 17.1 Å². The van der Waals surface area contributed by atoms with E-state index in [9.17, 15) is 4.79 Å². The molecule has 0 bridgehead atoms. The van der Waals surface area contributed by atoms with Crippen LogP contribution < -0.4 is 5.32 Å². The number of benzene rings is 1. The molecule has 1 aromatic rings. The van der Waals surface area contributed by atoms with Gasteiger partial charge in [-0.25, -0.2) is 0 Å². The van der Waals surface area contributed by atoms with Crippen molar-refractivity contribution in [2.24, 2.45) is 5.92 Å². The molecule has 1 aromatic carbocycles. The van der Waals surface area contributed by atoms with E-state index in [1.807, 2.05) is 31.2 Å². The van der Waals surface area contributed by atoms with Gasteiger partial charge >= 0.3 is 0 Å². The summed E-state index contributed by atoms with van der Waals surface area (Å²) >= 11 is 1.78. The number of carbonyl (C=O) groups excluding carboxylic acids is 1. The molecule has 0 aliphatic heterocycles. The van der Waals surface area contributed by atoms with Crippen molar-refractivity contribution >= 4 is 17.7 Å². The van der Waals surface area contributed by atoms with Crippen LogP contribution in [0.5, 0.6) is 0 Å². The van der Waals surface area contributed by atoms with Crippen LogP contribution in [0.15, 0.2) is 24.3 Å². The number of thioether (sulfide) groups is 1. The van der Waals surface area contributed by atoms with Gasteiger partial charge < -0.3 is 10.4 Å². The fraction of sp³-hybridized carbons (Fsp3) is 0.462. The maximum Gasteiger partial charge on any atom is 0.251 e. The highest BCUT2D eigenvalue weighted by Crippen LogP contribution is 2.16. The second-order valence-electron chi connectivity index (χ2n) is 4.08. The summed E-state index contributed by atoms with van der Waals surface area (Å²) in [5.74, 6) is 2.07. The van der Waals surface area contributed by atoms with Gasteiger partial charge in [-0.2, -0.15) is 11.8 Å². The highest BCUT2D eigenvalue weighted by Gasteiger charge is 2.04. The third-order valence-electron chi connectivity index (χ3n) is 2.40. The predicted molar refractivity (Wildman–Crippen MR) is 72.2 cm³/mol. The monoisotopic (exact) mass is 253 g/mol. The lowest BCUT2D eigenvalue weighted by atomic mass is 10.1. The molecule has 0 saturated heterocycles. The molecule has 1 atom stereocenters.